The first kappa shape index (κ1) is 27.0. The molecule has 9 nitrogen and oxygen atoms in total. The molecule has 2 unspecified atom stereocenters. The molecule has 2 aromatic carbocycles. The molecule has 10 heteroatoms. The molecule has 4 heterocycles. The van der Waals surface area contributed by atoms with Crippen molar-refractivity contribution < 1.29 is 19.7 Å². The molecule has 1 fully saturated rings. The highest BCUT2D eigenvalue weighted by atomic mass is 32.2. The summed E-state index contributed by atoms with van der Waals surface area (Å²) in [5.74, 6) is 2.59. The standard InChI is InChI=1S/C31H28N4O5S/c1-4-15-41-29-33-20(18-39-3)16-24(36)34(29)14-13-31-12-11-30(2,40-31)25-26(31)28(38)35(27(25)37)23-10-9-19-7-5-6-8-21(19)22(23)17-32/h1,5-10,16,37-38H,11-15,18H2,2-3H3. The molecule has 2 N–H and O–H groups in total. The Morgan fingerprint density at radius 1 is 1.20 bits per heavy atom. The minimum atomic E-state index is -0.945. The molecule has 1 saturated heterocycles. The molecule has 6 rings (SSSR count). The van der Waals surface area contributed by atoms with Crippen LogP contribution in [-0.4, -0.2) is 37.2 Å². The summed E-state index contributed by atoms with van der Waals surface area (Å²) in [4.78, 5) is 17.7. The molecule has 0 saturated carbocycles. The molecule has 208 valence electrons. The van der Waals surface area contributed by atoms with Crippen molar-refractivity contribution in [1.82, 2.24) is 14.1 Å². The van der Waals surface area contributed by atoms with Crippen LogP contribution in [0, 0.1) is 23.7 Å². The lowest BCUT2D eigenvalue weighted by molar-refractivity contribution is -0.0855. The summed E-state index contributed by atoms with van der Waals surface area (Å²) >= 11 is 1.29. The average molecular weight is 569 g/mol. The molecule has 2 aliphatic rings. The second kappa shape index (κ2) is 10.0. The Labute approximate surface area is 241 Å². The number of hydrogen-bond donors (Lipinski definition) is 2. The van der Waals surface area contributed by atoms with E-state index < -0.39 is 11.2 Å². The zero-order valence-corrected chi connectivity index (χ0v) is 23.5. The molecule has 0 amide bonds. The maximum Gasteiger partial charge on any atom is 0.254 e. The van der Waals surface area contributed by atoms with Gasteiger partial charge in [0.15, 0.2) is 5.16 Å². The molecular weight excluding hydrogens is 540 g/mol. The van der Waals surface area contributed by atoms with Gasteiger partial charge in [0.25, 0.3) is 5.56 Å². The summed E-state index contributed by atoms with van der Waals surface area (Å²) in [6.45, 7) is 2.36. The summed E-state index contributed by atoms with van der Waals surface area (Å²) in [6, 6.07) is 14.8. The predicted octanol–water partition coefficient (Wildman–Crippen LogP) is 4.67. The van der Waals surface area contributed by atoms with E-state index in [2.05, 4.69) is 17.0 Å². The number of aromatic hydroxyl groups is 2. The largest absolute Gasteiger partial charge is 0.494 e. The van der Waals surface area contributed by atoms with Crippen molar-refractivity contribution in [2.45, 2.75) is 55.7 Å². The van der Waals surface area contributed by atoms with E-state index in [0.29, 0.717) is 58.2 Å². The molecule has 2 atom stereocenters. The lowest BCUT2D eigenvalue weighted by atomic mass is 9.78. The lowest BCUT2D eigenvalue weighted by Gasteiger charge is -2.27. The number of fused-ring (bicyclic) bond motifs is 6. The normalized spacial score (nSPS) is 20.7. The Morgan fingerprint density at radius 2 is 1.98 bits per heavy atom. The highest BCUT2D eigenvalue weighted by Gasteiger charge is 2.61. The average Bonchev–Trinajstić information content (AvgIpc) is 3.54. The predicted molar refractivity (Wildman–Crippen MR) is 154 cm³/mol. The van der Waals surface area contributed by atoms with Crippen LogP contribution in [-0.2, 0) is 33.8 Å². The molecule has 2 aliphatic heterocycles. The zero-order chi connectivity index (χ0) is 28.9. The topological polar surface area (TPSA) is 123 Å². The number of rotatable bonds is 8. The summed E-state index contributed by atoms with van der Waals surface area (Å²) in [5.41, 5.74) is 0.243. The molecule has 0 radical (unpaired) electrons. The number of methoxy groups -OCH3 is 1. The summed E-state index contributed by atoms with van der Waals surface area (Å²) in [7, 11) is 1.54. The summed E-state index contributed by atoms with van der Waals surface area (Å²) in [6.07, 6.45) is 7.04. The van der Waals surface area contributed by atoms with Crippen LogP contribution >= 0.6 is 11.8 Å². The van der Waals surface area contributed by atoms with E-state index in [9.17, 15) is 20.3 Å². The van der Waals surface area contributed by atoms with Crippen LogP contribution in [0.2, 0.25) is 0 Å². The van der Waals surface area contributed by atoms with Crippen molar-refractivity contribution in [3.05, 3.63) is 75.2 Å². The van der Waals surface area contributed by atoms with E-state index >= 15 is 0 Å². The van der Waals surface area contributed by atoms with Gasteiger partial charge in [0.05, 0.1) is 46.0 Å². The maximum atomic E-state index is 13.1. The highest BCUT2D eigenvalue weighted by molar-refractivity contribution is 7.99. The van der Waals surface area contributed by atoms with Crippen LogP contribution in [0.25, 0.3) is 16.5 Å². The number of ether oxygens (including phenoxy) is 2. The Morgan fingerprint density at radius 3 is 2.73 bits per heavy atom. The van der Waals surface area contributed by atoms with E-state index in [0.717, 1.165) is 10.8 Å². The minimum Gasteiger partial charge on any atom is -0.494 e. The van der Waals surface area contributed by atoms with Gasteiger partial charge in [-0.05, 0) is 37.6 Å². The third kappa shape index (κ3) is 4.10. The first-order chi connectivity index (χ1) is 19.8. The lowest BCUT2D eigenvalue weighted by Crippen LogP contribution is -2.30. The Kier molecular flexibility index (Phi) is 6.58. The second-order valence-corrected chi connectivity index (χ2v) is 11.5. The number of nitrogens with zero attached hydrogens (tertiary/aromatic N) is 4. The van der Waals surface area contributed by atoms with Crippen LogP contribution < -0.4 is 5.56 Å². The van der Waals surface area contributed by atoms with E-state index in [1.54, 1.807) is 10.6 Å². The molecule has 2 bridgehead atoms. The van der Waals surface area contributed by atoms with Gasteiger partial charge in [-0.3, -0.25) is 9.36 Å². The van der Waals surface area contributed by atoms with E-state index in [1.165, 1.54) is 29.5 Å². The van der Waals surface area contributed by atoms with Crippen LogP contribution in [0.5, 0.6) is 11.8 Å². The third-order valence-corrected chi connectivity index (χ3v) is 9.01. The molecule has 4 aromatic rings. The number of benzene rings is 2. The maximum absolute atomic E-state index is 13.1. The fourth-order valence-corrected chi connectivity index (χ4v) is 7.10. The monoisotopic (exact) mass is 568 g/mol. The van der Waals surface area contributed by atoms with Gasteiger partial charge < -0.3 is 19.7 Å². The van der Waals surface area contributed by atoms with Gasteiger partial charge in [-0.15, -0.1) is 6.42 Å². The number of thioether (sulfide) groups is 1. The Balaban J connectivity index is 1.44. The van der Waals surface area contributed by atoms with E-state index in [4.69, 9.17) is 15.9 Å². The number of hydrogen-bond acceptors (Lipinski definition) is 8. The van der Waals surface area contributed by atoms with Crippen molar-refractivity contribution in [2.75, 3.05) is 12.9 Å². The van der Waals surface area contributed by atoms with Crippen molar-refractivity contribution in [3.63, 3.8) is 0 Å². The fourth-order valence-electron chi connectivity index (χ4n) is 6.37. The molecule has 0 spiro atoms. The molecular formula is C31H28N4O5S. The van der Waals surface area contributed by atoms with Crippen molar-refractivity contribution >= 4 is 22.5 Å². The number of terminal acetylenes is 1. The number of nitriles is 1. The third-order valence-electron chi connectivity index (χ3n) is 8.13. The van der Waals surface area contributed by atoms with Crippen LogP contribution in [0.1, 0.15) is 48.6 Å². The fraction of sp³-hybridized carbons (Fsp3) is 0.323. The van der Waals surface area contributed by atoms with Crippen LogP contribution in [0.3, 0.4) is 0 Å². The second-order valence-electron chi connectivity index (χ2n) is 10.5. The smallest absolute Gasteiger partial charge is 0.254 e. The van der Waals surface area contributed by atoms with Crippen molar-refractivity contribution in [3.8, 4) is 35.9 Å². The molecule has 41 heavy (non-hydrogen) atoms. The highest BCUT2D eigenvalue weighted by Crippen LogP contribution is 2.65. The minimum absolute atomic E-state index is 0.152. The van der Waals surface area contributed by atoms with Gasteiger partial charge in [0.1, 0.15) is 11.7 Å². The summed E-state index contributed by atoms with van der Waals surface area (Å²) < 4.78 is 14.7. The Hall–Kier alpha value is -4.22. The zero-order valence-electron chi connectivity index (χ0n) is 22.7. The van der Waals surface area contributed by atoms with Crippen molar-refractivity contribution in [1.29, 1.82) is 5.26 Å². The summed E-state index contributed by atoms with van der Waals surface area (Å²) in [5, 5.41) is 35.4. The Bertz CT molecular complexity index is 1850. The first-order valence-corrected chi connectivity index (χ1v) is 14.2. The van der Waals surface area contributed by atoms with E-state index in [-0.39, 0.29) is 30.5 Å². The van der Waals surface area contributed by atoms with Gasteiger partial charge in [0, 0.05) is 25.1 Å². The van der Waals surface area contributed by atoms with Gasteiger partial charge in [-0.2, -0.15) is 5.26 Å². The van der Waals surface area contributed by atoms with Gasteiger partial charge in [-0.1, -0.05) is 48.0 Å². The van der Waals surface area contributed by atoms with Gasteiger partial charge >= 0.3 is 0 Å². The van der Waals surface area contributed by atoms with E-state index in [1.807, 2.05) is 37.3 Å². The van der Waals surface area contributed by atoms with Gasteiger partial charge in [-0.25, -0.2) is 9.55 Å². The quantitative estimate of drug-likeness (QED) is 0.179. The number of aromatic nitrogens is 3. The van der Waals surface area contributed by atoms with Crippen LogP contribution in [0.4, 0.5) is 0 Å². The first-order valence-electron chi connectivity index (χ1n) is 13.2. The van der Waals surface area contributed by atoms with Gasteiger partial charge in [0.2, 0.25) is 11.8 Å². The molecule has 2 aromatic heterocycles. The SMILES string of the molecule is C#CCSc1nc(COC)cc(=O)n1CCC12CCC(C)(O1)c1c2c(O)n(-c2ccc3ccccc3c2C#N)c1O. The van der Waals surface area contributed by atoms with Crippen molar-refractivity contribution in [2.24, 2.45) is 0 Å². The molecule has 0 aliphatic carbocycles. The van der Waals surface area contributed by atoms with Crippen LogP contribution in [0.15, 0.2) is 52.4 Å².